The number of rotatable bonds is 4. The summed E-state index contributed by atoms with van der Waals surface area (Å²) in [5, 5.41) is 0.869. The Kier molecular flexibility index (Phi) is 5.62. The first-order valence-corrected chi connectivity index (χ1v) is 10.0. The third kappa shape index (κ3) is 4.32. The summed E-state index contributed by atoms with van der Waals surface area (Å²) in [6, 6.07) is 18.0. The van der Waals surface area contributed by atoms with Gasteiger partial charge in [-0.2, -0.15) is 0 Å². The number of nitrogens with zero attached hydrogens (tertiary/aromatic N) is 2. The Morgan fingerprint density at radius 3 is 2.62 bits per heavy atom. The summed E-state index contributed by atoms with van der Waals surface area (Å²) in [4.78, 5) is 27.6. The van der Waals surface area contributed by atoms with Crippen LogP contribution < -0.4 is 10.9 Å². The summed E-state index contributed by atoms with van der Waals surface area (Å²) < 4.78 is 1.91. The molecule has 1 atom stereocenters. The lowest BCUT2D eigenvalue weighted by atomic mass is 9.97. The number of aromatic nitrogens is 1. The van der Waals surface area contributed by atoms with Gasteiger partial charge in [-0.05, 0) is 31.0 Å². The molecule has 0 bridgehead atoms. The van der Waals surface area contributed by atoms with Crippen molar-refractivity contribution >= 4 is 22.7 Å². The van der Waals surface area contributed by atoms with Gasteiger partial charge >= 0.3 is 0 Å². The highest BCUT2D eigenvalue weighted by molar-refractivity contribution is 6.07. The Balaban J connectivity index is 1.34. The molecule has 3 aromatic rings. The number of hydrazine groups is 1. The zero-order valence-electron chi connectivity index (χ0n) is 16.6. The van der Waals surface area contributed by atoms with Crippen LogP contribution in [0, 0.1) is 5.92 Å². The summed E-state index contributed by atoms with van der Waals surface area (Å²) in [6.07, 6.45) is 3.60. The molecule has 0 radical (unpaired) electrons. The van der Waals surface area contributed by atoms with E-state index in [-0.39, 0.29) is 17.7 Å². The van der Waals surface area contributed by atoms with Gasteiger partial charge in [0.05, 0.1) is 11.5 Å². The van der Waals surface area contributed by atoms with Crippen LogP contribution in [0.15, 0.2) is 60.8 Å². The van der Waals surface area contributed by atoms with E-state index in [9.17, 15) is 9.59 Å². The number of benzene rings is 2. The number of carbonyl (C=O) groups excluding carboxylic acids is 2. The lowest BCUT2D eigenvalue weighted by Gasteiger charge is -2.32. The minimum absolute atomic E-state index is 0.125. The first kappa shape index (κ1) is 19.2. The molecule has 1 aliphatic heterocycles. The average Bonchev–Trinajstić information content (AvgIpc) is 3.10. The Hall–Kier alpha value is -3.12. The van der Waals surface area contributed by atoms with Gasteiger partial charge in [0.2, 0.25) is 5.91 Å². The van der Waals surface area contributed by atoms with E-state index in [0.717, 1.165) is 36.8 Å². The third-order valence-electron chi connectivity index (χ3n) is 5.57. The predicted molar refractivity (Wildman–Crippen MR) is 113 cm³/mol. The maximum Gasteiger partial charge on any atom is 0.271 e. The fourth-order valence-electron chi connectivity index (χ4n) is 4.07. The number of carbonyl (C=O) groups is 2. The second-order valence-electron chi connectivity index (χ2n) is 7.67. The SMILES string of the molecule is Cn1cc(C(=O)NNC(=O)C2CCCN(Cc3ccccc3)C2)c2ccccc21. The van der Waals surface area contributed by atoms with Gasteiger partial charge in [0.15, 0.2) is 0 Å². The first-order chi connectivity index (χ1) is 14.1. The van der Waals surface area contributed by atoms with Crippen LogP contribution in [0.1, 0.15) is 28.8 Å². The van der Waals surface area contributed by atoms with Crippen LogP contribution in [0.25, 0.3) is 10.9 Å². The monoisotopic (exact) mass is 390 g/mol. The second kappa shape index (κ2) is 8.49. The Bertz CT molecular complexity index is 1010. The number of aryl methyl sites for hydroxylation is 1. The standard InChI is InChI=1S/C23H26N4O2/c1-26-16-20(19-11-5-6-12-21(19)26)23(29)25-24-22(28)18-10-7-13-27(15-18)14-17-8-3-2-4-9-17/h2-6,8-9,11-12,16,18H,7,10,13-15H2,1H3,(H,24,28)(H,25,29). The van der Waals surface area contributed by atoms with Crippen molar-refractivity contribution < 1.29 is 9.59 Å². The molecule has 1 fully saturated rings. The van der Waals surface area contributed by atoms with Gasteiger partial charge in [0, 0.05) is 37.2 Å². The van der Waals surface area contributed by atoms with Gasteiger partial charge < -0.3 is 4.57 Å². The second-order valence-corrected chi connectivity index (χ2v) is 7.67. The zero-order chi connectivity index (χ0) is 20.2. The quantitative estimate of drug-likeness (QED) is 0.673. The van der Waals surface area contributed by atoms with Crippen molar-refractivity contribution in [1.82, 2.24) is 20.3 Å². The van der Waals surface area contributed by atoms with Crippen molar-refractivity contribution in [2.75, 3.05) is 13.1 Å². The zero-order valence-corrected chi connectivity index (χ0v) is 16.6. The van der Waals surface area contributed by atoms with Crippen molar-refractivity contribution in [2.24, 2.45) is 13.0 Å². The van der Waals surface area contributed by atoms with E-state index in [0.29, 0.717) is 12.1 Å². The molecular weight excluding hydrogens is 364 g/mol. The molecule has 1 unspecified atom stereocenters. The number of piperidine rings is 1. The Morgan fingerprint density at radius 2 is 1.79 bits per heavy atom. The maximum atomic E-state index is 12.6. The van der Waals surface area contributed by atoms with Crippen LogP contribution in [-0.4, -0.2) is 34.4 Å². The summed E-state index contributed by atoms with van der Waals surface area (Å²) in [5.74, 6) is -0.552. The van der Waals surface area contributed by atoms with E-state index in [1.165, 1.54) is 5.56 Å². The number of hydrogen-bond donors (Lipinski definition) is 2. The van der Waals surface area contributed by atoms with Crippen LogP contribution in [0.5, 0.6) is 0 Å². The van der Waals surface area contributed by atoms with E-state index >= 15 is 0 Å². The molecule has 0 saturated carbocycles. The smallest absolute Gasteiger partial charge is 0.271 e. The van der Waals surface area contributed by atoms with Crippen molar-refractivity contribution in [3.63, 3.8) is 0 Å². The summed E-state index contributed by atoms with van der Waals surface area (Å²) >= 11 is 0. The lowest BCUT2D eigenvalue weighted by molar-refractivity contribution is -0.127. The van der Waals surface area contributed by atoms with Crippen LogP contribution in [0.4, 0.5) is 0 Å². The normalized spacial score (nSPS) is 17.2. The number of amides is 2. The molecule has 2 aromatic carbocycles. The Labute approximate surface area is 170 Å². The molecule has 6 heteroatoms. The number of hydrogen-bond acceptors (Lipinski definition) is 3. The van der Waals surface area contributed by atoms with Crippen LogP contribution in [0.3, 0.4) is 0 Å². The third-order valence-corrected chi connectivity index (χ3v) is 5.57. The number of fused-ring (bicyclic) bond motifs is 1. The van der Waals surface area contributed by atoms with E-state index in [4.69, 9.17) is 0 Å². The minimum atomic E-state index is -0.299. The summed E-state index contributed by atoms with van der Waals surface area (Å²) in [5.41, 5.74) is 8.01. The highest BCUT2D eigenvalue weighted by Gasteiger charge is 2.26. The van der Waals surface area contributed by atoms with Gasteiger partial charge in [0.25, 0.3) is 5.91 Å². The topological polar surface area (TPSA) is 66.4 Å². The maximum absolute atomic E-state index is 12.6. The number of likely N-dealkylation sites (tertiary alicyclic amines) is 1. The molecule has 6 nitrogen and oxygen atoms in total. The van der Waals surface area contributed by atoms with Crippen molar-refractivity contribution in [2.45, 2.75) is 19.4 Å². The summed E-state index contributed by atoms with van der Waals surface area (Å²) in [6.45, 7) is 2.53. The Morgan fingerprint density at radius 1 is 1.03 bits per heavy atom. The molecule has 1 aromatic heterocycles. The molecule has 29 heavy (non-hydrogen) atoms. The first-order valence-electron chi connectivity index (χ1n) is 10.0. The molecular formula is C23H26N4O2. The summed E-state index contributed by atoms with van der Waals surface area (Å²) in [7, 11) is 1.90. The largest absolute Gasteiger partial charge is 0.350 e. The van der Waals surface area contributed by atoms with Gasteiger partial charge in [-0.15, -0.1) is 0 Å². The fourth-order valence-corrected chi connectivity index (χ4v) is 4.07. The van der Waals surface area contributed by atoms with Gasteiger partial charge in [-0.25, -0.2) is 0 Å². The van der Waals surface area contributed by atoms with Crippen LogP contribution in [-0.2, 0) is 18.4 Å². The average molecular weight is 390 g/mol. The van der Waals surface area contributed by atoms with Crippen LogP contribution in [0.2, 0.25) is 0 Å². The lowest BCUT2D eigenvalue weighted by Crippen LogP contribution is -2.48. The van der Waals surface area contributed by atoms with Crippen molar-refractivity contribution in [1.29, 1.82) is 0 Å². The molecule has 1 saturated heterocycles. The highest BCUT2D eigenvalue weighted by atomic mass is 16.2. The molecule has 2 heterocycles. The highest BCUT2D eigenvalue weighted by Crippen LogP contribution is 2.21. The van der Waals surface area contributed by atoms with Crippen molar-refractivity contribution in [3.05, 3.63) is 71.9 Å². The molecule has 2 N–H and O–H groups in total. The van der Waals surface area contributed by atoms with Gasteiger partial charge in [0.1, 0.15) is 0 Å². The van der Waals surface area contributed by atoms with Gasteiger partial charge in [-0.1, -0.05) is 48.5 Å². The molecule has 4 rings (SSSR count). The van der Waals surface area contributed by atoms with E-state index < -0.39 is 0 Å². The van der Waals surface area contributed by atoms with Crippen molar-refractivity contribution in [3.8, 4) is 0 Å². The van der Waals surface area contributed by atoms with Gasteiger partial charge in [-0.3, -0.25) is 25.3 Å². The molecule has 0 spiro atoms. The fraction of sp³-hybridized carbons (Fsp3) is 0.304. The van der Waals surface area contributed by atoms with E-state index in [1.54, 1.807) is 6.20 Å². The van der Waals surface area contributed by atoms with E-state index in [1.807, 2.05) is 54.1 Å². The number of para-hydroxylation sites is 1. The number of nitrogens with one attached hydrogen (secondary N) is 2. The van der Waals surface area contributed by atoms with Crippen LogP contribution >= 0.6 is 0 Å². The van der Waals surface area contributed by atoms with E-state index in [2.05, 4.69) is 27.9 Å². The molecule has 2 amide bonds. The minimum Gasteiger partial charge on any atom is -0.350 e. The molecule has 150 valence electrons. The molecule has 0 aliphatic carbocycles. The predicted octanol–water partition coefficient (Wildman–Crippen LogP) is 2.85. The molecule has 1 aliphatic rings.